The zero-order valence-corrected chi connectivity index (χ0v) is 42.9. The third kappa shape index (κ3) is 7.50. The molecule has 0 spiro atoms. The van der Waals surface area contributed by atoms with Crippen molar-refractivity contribution in [1.29, 1.82) is 0 Å². The van der Waals surface area contributed by atoms with E-state index in [9.17, 15) is 0 Å². The summed E-state index contributed by atoms with van der Waals surface area (Å²) in [5.74, 6) is 1.32. The SMILES string of the molecule is CC(C)(C)C1(C(C)(C)C)c2cc(N(c3ccccc3)c3ccc(C4CCCCC4)cc3)c3ccccc3c2-c2c1c1ccc(N(c3ccccc3)c3ccc(C4CCCCC4)cc3)cc1c1ccccc21. The van der Waals surface area contributed by atoms with Gasteiger partial charge in [0.05, 0.1) is 5.69 Å². The van der Waals surface area contributed by atoms with E-state index in [0.29, 0.717) is 11.8 Å². The fraction of sp³-hybridized carbons (Fsp3) is 0.304. The van der Waals surface area contributed by atoms with E-state index in [4.69, 9.17) is 0 Å². The van der Waals surface area contributed by atoms with E-state index in [0.717, 1.165) is 0 Å². The number of nitrogens with zero attached hydrogens (tertiary/aromatic N) is 2. The fourth-order valence-corrected chi connectivity index (χ4v) is 14.6. The molecule has 0 bridgehead atoms. The van der Waals surface area contributed by atoms with Crippen LogP contribution in [0.2, 0.25) is 0 Å². The molecule has 2 saturated carbocycles. The summed E-state index contributed by atoms with van der Waals surface area (Å²) in [6.07, 6.45) is 13.3. The van der Waals surface area contributed by atoms with Crippen molar-refractivity contribution < 1.29 is 0 Å². The molecule has 356 valence electrons. The highest BCUT2D eigenvalue weighted by atomic mass is 15.1. The van der Waals surface area contributed by atoms with Crippen LogP contribution in [-0.2, 0) is 5.41 Å². The Morgan fingerprint density at radius 2 is 0.775 bits per heavy atom. The van der Waals surface area contributed by atoms with Crippen molar-refractivity contribution in [2.24, 2.45) is 10.8 Å². The molecule has 0 heterocycles. The van der Waals surface area contributed by atoms with Gasteiger partial charge >= 0.3 is 0 Å². The first-order valence-electron chi connectivity index (χ1n) is 27.0. The molecule has 2 fully saturated rings. The Morgan fingerprint density at radius 3 is 1.30 bits per heavy atom. The minimum absolute atomic E-state index is 0.200. The summed E-state index contributed by atoms with van der Waals surface area (Å²) in [7, 11) is 0. The van der Waals surface area contributed by atoms with Gasteiger partial charge in [0.2, 0.25) is 0 Å². The summed E-state index contributed by atoms with van der Waals surface area (Å²) in [6, 6.07) is 70.0. The fourth-order valence-electron chi connectivity index (χ4n) is 14.6. The second-order valence-corrected chi connectivity index (χ2v) is 23.3. The van der Waals surface area contributed by atoms with Crippen molar-refractivity contribution in [1.82, 2.24) is 0 Å². The van der Waals surface area contributed by atoms with Crippen LogP contribution in [0.25, 0.3) is 43.4 Å². The maximum absolute atomic E-state index is 2.64. The minimum atomic E-state index is -0.408. The number of para-hydroxylation sites is 2. The van der Waals surface area contributed by atoms with Crippen LogP contribution in [0.5, 0.6) is 0 Å². The first-order valence-corrected chi connectivity index (χ1v) is 27.0. The van der Waals surface area contributed by atoms with Gasteiger partial charge < -0.3 is 9.80 Å². The second kappa shape index (κ2) is 17.9. The standard InChI is InChI=1S/C69H70N2/c1-67(2,3)69(68(4,5)6)62-46-63(71(52-29-17-10-18-30-52)54-41-37-50(38-42-54)48-25-13-8-14-26-48)57-32-20-22-34-59(57)64(62)65-58-33-21-19-31-56(58)61-45-55(43-44-60(61)66(65)69)70(51-27-15-9-16-28-51)53-39-35-49(36-40-53)47-23-11-7-12-24-47/h9-10,15-22,27-48H,7-8,11-14,23-26H2,1-6H3. The number of benzene rings is 9. The van der Waals surface area contributed by atoms with E-state index < -0.39 is 5.41 Å². The molecule has 0 unspecified atom stereocenters. The molecule has 9 aromatic rings. The Morgan fingerprint density at radius 1 is 0.352 bits per heavy atom. The Labute approximate surface area is 423 Å². The Hall–Kier alpha value is -6.64. The number of hydrogen-bond donors (Lipinski definition) is 0. The topological polar surface area (TPSA) is 6.48 Å². The van der Waals surface area contributed by atoms with Crippen LogP contribution in [0.15, 0.2) is 182 Å². The van der Waals surface area contributed by atoms with Gasteiger partial charge in [0.15, 0.2) is 0 Å². The smallest absolute Gasteiger partial charge is 0.0543 e. The molecular weight excluding hydrogens is 857 g/mol. The van der Waals surface area contributed by atoms with E-state index in [-0.39, 0.29) is 10.8 Å². The molecule has 3 aliphatic carbocycles. The summed E-state index contributed by atoms with van der Waals surface area (Å²) in [6.45, 7) is 15.1. The number of anilines is 6. The quantitative estimate of drug-likeness (QED) is 0.140. The molecule has 0 saturated heterocycles. The Kier molecular flexibility index (Phi) is 11.5. The lowest BCUT2D eigenvalue weighted by Gasteiger charge is -2.53. The van der Waals surface area contributed by atoms with Gasteiger partial charge in [0.1, 0.15) is 0 Å². The molecule has 12 rings (SSSR count). The van der Waals surface area contributed by atoms with E-state index >= 15 is 0 Å². The van der Waals surface area contributed by atoms with Gasteiger partial charge in [-0.3, -0.25) is 0 Å². The lowest BCUT2D eigenvalue weighted by Crippen LogP contribution is -2.50. The predicted octanol–water partition coefficient (Wildman–Crippen LogP) is 20.5. The summed E-state index contributed by atoms with van der Waals surface area (Å²) in [4.78, 5) is 5.02. The molecule has 0 aliphatic heterocycles. The first kappa shape index (κ1) is 45.5. The van der Waals surface area contributed by atoms with Crippen LogP contribution in [0.1, 0.15) is 140 Å². The molecule has 9 aromatic carbocycles. The summed E-state index contributed by atoms with van der Waals surface area (Å²) in [5, 5.41) is 7.84. The van der Waals surface area contributed by atoms with Gasteiger partial charge in [-0.05, 0) is 175 Å². The van der Waals surface area contributed by atoms with Crippen LogP contribution >= 0.6 is 0 Å². The molecule has 2 heteroatoms. The lowest BCUT2D eigenvalue weighted by molar-refractivity contribution is 0.0965. The summed E-state index contributed by atoms with van der Waals surface area (Å²) < 4.78 is 0. The lowest BCUT2D eigenvalue weighted by atomic mass is 9.49. The number of fused-ring (bicyclic) bond motifs is 10. The van der Waals surface area contributed by atoms with Crippen LogP contribution in [0.4, 0.5) is 34.1 Å². The van der Waals surface area contributed by atoms with Crippen LogP contribution < -0.4 is 9.80 Å². The zero-order chi connectivity index (χ0) is 48.5. The molecule has 0 radical (unpaired) electrons. The van der Waals surface area contributed by atoms with Gasteiger partial charge in [-0.1, -0.05) is 195 Å². The third-order valence-electron chi connectivity index (χ3n) is 17.3. The van der Waals surface area contributed by atoms with Gasteiger partial charge in [-0.25, -0.2) is 0 Å². The average molecular weight is 927 g/mol. The molecule has 0 amide bonds. The maximum Gasteiger partial charge on any atom is 0.0543 e. The van der Waals surface area contributed by atoms with Gasteiger partial charge in [0.25, 0.3) is 0 Å². The zero-order valence-electron chi connectivity index (χ0n) is 42.9. The molecule has 0 atom stereocenters. The average Bonchev–Trinajstić information content (AvgIpc) is 3.74. The van der Waals surface area contributed by atoms with Crippen LogP contribution in [0.3, 0.4) is 0 Å². The number of rotatable bonds is 8. The number of hydrogen-bond acceptors (Lipinski definition) is 2. The predicted molar refractivity (Wildman–Crippen MR) is 305 cm³/mol. The summed E-state index contributed by atoms with van der Waals surface area (Å²) in [5.41, 5.74) is 14.9. The maximum atomic E-state index is 2.64. The van der Waals surface area contributed by atoms with Crippen LogP contribution in [-0.4, -0.2) is 0 Å². The van der Waals surface area contributed by atoms with Crippen molar-refractivity contribution in [3.05, 3.63) is 204 Å². The highest BCUT2D eigenvalue weighted by Gasteiger charge is 2.59. The molecule has 0 aromatic heterocycles. The first-order chi connectivity index (χ1) is 34.5. The molecule has 0 N–H and O–H groups in total. The van der Waals surface area contributed by atoms with Gasteiger partial charge in [-0.15, -0.1) is 0 Å². The minimum Gasteiger partial charge on any atom is -0.310 e. The third-order valence-corrected chi connectivity index (χ3v) is 17.3. The molecule has 2 nitrogen and oxygen atoms in total. The van der Waals surface area contributed by atoms with E-state index in [1.54, 1.807) is 0 Å². The van der Waals surface area contributed by atoms with Crippen molar-refractivity contribution in [2.75, 3.05) is 9.80 Å². The normalized spacial score (nSPS) is 16.3. The summed E-state index contributed by atoms with van der Waals surface area (Å²) >= 11 is 0. The van der Waals surface area contributed by atoms with Gasteiger partial charge in [-0.2, -0.15) is 0 Å². The van der Waals surface area contributed by atoms with Crippen molar-refractivity contribution in [3.63, 3.8) is 0 Å². The second-order valence-electron chi connectivity index (χ2n) is 23.3. The highest BCUT2D eigenvalue weighted by molar-refractivity contribution is 6.23. The highest BCUT2D eigenvalue weighted by Crippen LogP contribution is 2.69. The van der Waals surface area contributed by atoms with Gasteiger partial charge in [0, 0.05) is 39.2 Å². The van der Waals surface area contributed by atoms with E-state index in [1.807, 2.05) is 0 Å². The van der Waals surface area contributed by atoms with E-state index in [1.165, 1.54) is 164 Å². The Bertz CT molecular complexity index is 3360. The molecule has 71 heavy (non-hydrogen) atoms. The monoisotopic (exact) mass is 927 g/mol. The van der Waals surface area contributed by atoms with E-state index in [2.05, 4.69) is 233 Å². The van der Waals surface area contributed by atoms with Crippen molar-refractivity contribution in [3.8, 4) is 11.1 Å². The van der Waals surface area contributed by atoms with Crippen molar-refractivity contribution >= 4 is 66.4 Å². The molecular formula is C69H70N2. The van der Waals surface area contributed by atoms with Crippen molar-refractivity contribution in [2.45, 2.75) is 123 Å². The van der Waals surface area contributed by atoms with Crippen LogP contribution in [0, 0.1) is 10.8 Å². The largest absolute Gasteiger partial charge is 0.310 e. The molecule has 3 aliphatic rings. The Balaban J connectivity index is 1.11.